The van der Waals surface area contributed by atoms with E-state index in [0.29, 0.717) is 5.69 Å². The van der Waals surface area contributed by atoms with Gasteiger partial charge in [0.25, 0.3) is 0 Å². The maximum Gasteiger partial charge on any atom is 0.422 e. The summed E-state index contributed by atoms with van der Waals surface area (Å²) in [6.45, 7) is 1.67. The fourth-order valence-corrected chi connectivity index (χ4v) is 1.93. The fourth-order valence-electron chi connectivity index (χ4n) is 1.16. The van der Waals surface area contributed by atoms with Gasteiger partial charge in [0.1, 0.15) is 0 Å². The van der Waals surface area contributed by atoms with Crippen LogP contribution in [0.4, 0.5) is 16.2 Å². The molecular weight excluding hydrogens is 258 g/mol. The zero-order valence-corrected chi connectivity index (χ0v) is 10.9. The van der Waals surface area contributed by atoms with Crippen LogP contribution in [0.25, 0.3) is 0 Å². The first-order valence-corrected chi connectivity index (χ1v) is 6.70. The normalized spacial score (nSPS) is 10.6. The number of ether oxygens (including phenoxy) is 1. The number of carbonyl (C=O) groups is 1. The zero-order valence-electron chi connectivity index (χ0n) is 10.1. The first-order chi connectivity index (χ1) is 8.46. The van der Waals surface area contributed by atoms with Gasteiger partial charge >= 0.3 is 16.3 Å². The molecule has 0 unspecified atom stereocenters. The van der Waals surface area contributed by atoms with Gasteiger partial charge in [0.15, 0.2) is 0 Å². The molecule has 8 heteroatoms. The number of carbonyl (C=O) groups excluding carboxylic acids is 1. The molecule has 1 rings (SSSR count). The summed E-state index contributed by atoms with van der Waals surface area (Å²) in [6, 6.07) is 6.52. The minimum Gasteiger partial charge on any atom is -0.449 e. The third-order valence-electron chi connectivity index (χ3n) is 1.92. The number of rotatable bonds is 5. The van der Waals surface area contributed by atoms with Crippen molar-refractivity contribution in [1.82, 2.24) is 4.72 Å². The predicted molar refractivity (Wildman–Crippen MR) is 68.7 cm³/mol. The summed E-state index contributed by atoms with van der Waals surface area (Å²) in [7, 11) is -2.22. The zero-order chi connectivity index (χ0) is 13.6. The van der Waals surface area contributed by atoms with Crippen LogP contribution in [0.5, 0.6) is 0 Å². The fraction of sp³-hybridized carbons (Fsp3) is 0.300. The Kier molecular flexibility index (Phi) is 4.78. The topological polar surface area (TPSA) is 96.5 Å². The molecule has 3 N–H and O–H groups in total. The SMILES string of the molecule is CCOC(=O)NS(=O)(=O)Nc1ccc(NC)cc1. The Labute approximate surface area is 106 Å². The summed E-state index contributed by atoms with van der Waals surface area (Å²) in [4.78, 5) is 11.0. The van der Waals surface area contributed by atoms with Gasteiger partial charge in [-0.3, -0.25) is 4.72 Å². The highest BCUT2D eigenvalue weighted by atomic mass is 32.2. The Bertz CT molecular complexity index is 498. The summed E-state index contributed by atoms with van der Waals surface area (Å²) < 4.78 is 31.4. The summed E-state index contributed by atoms with van der Waals surface area (Å²) in [5.41, 5.74) is 1.18. The van der Waals surface area contributed by atoms with Gasteiger partial charge in [-0.15, -0.1) is 0 Å². The molecule has 18 heavy (non-hydrogen) atoms. The van der Waals surface area contributed by atoms with E-state index in [2.05, 4.69) is 14.8 Å². The van der Waals surface area contributed by atoms with Crippen molar-refractivity contribution >= 4 is 27.7 Å². The highest BCUT2D eigenvalue weighted by Crippen LogP contribution is 2.13. The molecule has 100 valence electrons. The average Bonchev–Trinajstić information content (AvgIpc) is 2.29. The molecule has 0 aliphatic heterocycles. The molecule has 1 aromatic rings. The number of hydrogen-bond donors (Lipinski definition) is 3. The molecule has 1 amide bonds. The van der Waals surface area contributed by atoms with Crippen molar-refractivity contribution in [3.05, 3.63) is 24.3 Å². The van der Waals surface area contributed by atoms with Gasteiger partial charge in [0.05, 0.1) is 12.3 Å². The minimum absolute atomic E-state index is 0.0955. The van der Waals surface area contributed by atoms with Crippen molar-refractivity contribution < 1.29 is 17.9 Å². The molecule has 0 fully saturated rings. The molecule has 0 atom stereocenters. The van der Waals surface area contributed by atoms with Crippen molar-refractivity contribution in [1.29, 1.82) is 0 Å². The summed E-state index contributed by atoms with van der Waals surface area (Å²) in [5.74, 6) is 0. The van der Waals surface area contributed by atoms with Gasteiger partial charge in [0, 0.05) is 12.7 Å². The summed E-state index contributed by atoms with van der Waals surface area (Å²) in [5, 5.41) is 2.90. The highest BCUT2D eigenvalue weighted by molar-refractivity contribution is 7.91. The Morgan fingerprint density at radius 1 is 1.22 bits per heavy atom. The third kappa shape index (κ3) is 4.50. The lowest BCUT2D eigenvalue weighted by molar-refractivity contribution is 0.159. The van der Waals surface area contributed by atoms with E-state index in [9.17, 15) is 13.2 Å². The van der Waals surface area contributed by atoms with Crippen LogP contribution in [0.1, 0.15) is 6.92 Å². The van der Waals surface area contributed by atoms with E-state index >= 15 is 0 Å². The number of amides is 1. The van der Waals surface area contributed by atoms with Crippen LogP contribution in [0.2, 0.25) is 0 Å². The Morgan fingerprint density at radius 2 is 1.78 bits per heavy atom. The average molecular weight is 273 g/mol. The maximum atomic E-state index is 11.5. The van der Waals surface area contributed by atoms with Crippen molar-refractivity contribution in [3.8, 4) is 0 Å². The van der Waals surface area contributed by atoms with Crippen LogP contribution < -0.4 is 14.8 Å². The lowest BCUT2D eigenvalue weighted by Gasteiger charge is -2.09. The van der Waals surface area contributed by atoms with Crippen LogP contribution in [-0.2, 0) is 14.9 Å². The second-order valence-electron chi connectivity index (χ2n) is 3.26. The van der Waals surface area contributed by atoms with Gasteiger partial charge in [0.2, 0.25) is 0 Å². The highest BCUT2D eigenvalue weighted by Gasteiger charge is 2.14. The summed E-state index contributed by atoms with van der Waals surface area (Å²) >= 11 is 0. The Hall–Kier alpha value is -1.96. The van der Waals surface area contributed by atoms with Crippen LogP contribution >= 0.6 is 0 Å². The number of hydrogen-bond acceptors (Lipinski definition) is 5. The monoisotopic (exact) mass is 273 g/mol. The molecule has 0 bridgehead atoms. The van der Waals surface area contributed by atoms with Crippen LogP contribution in [0, 0.1) is 0 Å². The van der Waals surface area contributed by atoms with Gasteiger partial charge < -0.3 is 10.1 Å². The van der Waals surface area contributed by atoms with E-state index in [4.69, 9.17) is 0 Å². The van der Waals surface area contributed by atoms with Gasteiger partial charge in [-0.25, -0.2) is 9.52 Å². The molecule has 0 aliphatic rings. The van der Waals surface area contributed by atoms with E-state index in [1.54, 1.807) is 43.0 Å². The largest absolute Gasteiger partial charge is 0.449 e. The van der Waals surface area contributed by atoms with Crippen LogP contribution in [0.3, 0.4) is 0 Å². The minimum atomic E-state index is -3.97. The smallest absolute Gasteiger partial charge is 0.422 e. The van der Waals surface area contributed by atoms with Crippen LogP contribution in [-0.4, -0.2) is 28.2 Å². The van der Waals surface area contributed by atoms with E-state index in [-0.39, 0.29) is 6.61 Å². The molecular formula is C10H15N3O4S. The standard InChI is InChI=1S/C10H15N3O4S/c1-3-17-10(14)13-18(15,16)12-9-6-4-8(11-2)5-7-9/h4-7,11-12H,3H2,1-2H3,(H,13,14). The van der Waals surface area contributed by atoms with Gasteiger partial charge in [-0.2, -0.15) is 8.42 Å². The lowest BCUT2D eigenvalue weighted by atomic mass is 10.3. The number of benzene rings is 1. The molecule has 0 aliphatic carbocycles. The van der Waals surface area contributed by atoms with E-state index < -0.39 is 16.3 Å². The summed E-state index contributed by atoms with van der Waals surface area (Å²) in [6.07, 6.45) is -1.02. The molecule has 0 heterocycles. The second-order valence-corrected chi connectivity index (χ2v) is 4.67. The molecule has 0 saturated carbocycles. The van der Waals surface area contributed by atoms with Crippen LogP contribution in [0.15, 0.2) is 24.3 Å². The van der Waals surface area contributed by atoms with Crippen molar-refractivity contribution in [2.45, 2.75) is 6.92 Å². The van der Waals surface area contributed by atoms with Gasteiger partial charge in [-0.05, 0) is 31.2 Å². The Balaban J connectivity index is 2.67. The second kappa shape index (κ2) is 6.10. The molecule has 0 radical (unpaired) electrons. The van der Waals surface area contributed by atoms with E-state index in [0.717, 1.165) is 5.69 Å². The molecule has 7 nitrogen and oxygen atoms in total. The quantitative estimate of drug-likeness (QED) is 0.747. The van der Waals surface area contributed by atoms with Crippen molar-refractivity contribution in [3.63, 3.8) is 0 Å². The molecule has 0 spiro atoms. The first-order valence-electron chi connectivity index (χ1n) is 5.22. The van der Waals surface area contributed by atoms with E-state index in [1.165, 1.54) is 0 Å². The lowest BCUT2D eigenvalue weighted by Crippen LogP contribution is -2.35. The van der Waals surface area contributed by atoms with Crippen molar-refractivity contribution in [2.75, 3.05) is 23.7 Å². The molecule has 0 aromatic heterocycles. The number of anilines is 2. The number of nitrogens with one attached hydrogen (secondary N) is 3. The van der Waals surface area contributed by atoms with E-state index in [1.807, 2.05) is 0 Å². The maximum absolute atomic E-state index is 11.5. The predicted octanol–water partition coefficient (Wildman–Crippen LogP) is 1.13. The van der Waals surface area contributed by atoms with Gasteiger partial charge in [-0.1, -0.05) is 0 Å². The third-order valence-corrected chi connectivity index (χ3v) is 2.86. The molecule has 1 aromatic carbocycles. The first kappa shape index (κ1) is 14.1. The Morgan fingerprint density at radius 3 is 2.28 bits per heavy atom. The van der Waals surface area contributed by atoms with Crippen molar-refractivity contribution in [2.24, 2.45) is 0 Å². The molecule has 0 saturated heterocycles.